The second-order valence-corrected chi connectivity index (χ2v) is 6.93. The summed E-state index contributed by atoms with van der Waals surface area (Å²) in [4.78, 5) is 23.5. The lowest BCUT2D eigenvalue weighted by molar-refractivity contribution is 0.0732. The Balaban J connectivity index is 1.54. The van der Waals surface area contributed by atoms with Crippen LogP contribution in [-0.2, 0) is 13.0 Å². The summed E-state index contributed by atoms with van der Waals surface area (Å²) in [6.45, 7) is 0.902. The molecule has 3 aromatic rings. The molecular weight excluding hydrogens is 381 g/mol. The van der Waals surface area contributed by atoms with Crippen LogP contribution >= 0.6 is 11.6 Å². The number of halogens is 2. The van der Waals surface area contributed by atoms with E-state index < -0.39 is 5.82 Å². The fourth-order valence-corrected chi connectivity index (χ4v) is 3.34. The second-order valence-electron chi connectivity index (χ2n) is 6.50. The zero-order chi connectivity index (χ0) is 19.7. The molecule has 0 atom stereocenters. The number of rotatable bonds is 3. The van der Waals surface area contributed by atoms with Gasteiger partial charge in [-0.05, 0) is 42.5 Å². The van der Waals surface area contributed by atoms with Crippen LogP contribution < -0.4 is 4.74 Å². The van der Waals surface area contributed by atoms with Crippen LogP contribution in [0.2, 0.25) is 5.02 Å². The standard InChI is InChI=1S/C21H17ClFN3O2/c1-28-19-7-4-14(10-17(19)23)21(27)26-9-8-18-15(12-26)11-24-20(25-18)13-2-5-16(22)6-3-13/h2-7,10-11H,8-9,12H2,1H3. The fourth-order valence-electron chi connectivity index (χ4n) is 3.21. The van der Waals surface area contributed by atoms with Crippen LogP contribution in [0.1, 0.15) is 21.6 Å². The van der Waals surface area contributed by atoms with Crippen LogP contribution in [0, 0.1) is 5.82 Å². The van der Waals surface area contributed by atoms with Crippen molar-refractivity contribution in [1.82, 2.24) is 14.9 Å². The molecule has 1 aromatic heterocycles. The van der Waals surface area contributed by atoms with Crippen LogP contribution in [-0.4, -0.2) is 34.4 Å². The Labute approximate surface area is 166 Å². The van der Waals surface area contributed by atoms with E-state index >= 15 is 0 Å². The van der Waals surface area contributed by atoms with Gasteiger partial charge in [-0.1, -0.05) is 11.6 Å². The highest BCUT2D eigenvalue weighted by atomic mass is 35.5. The maximum atomic E-state index is 13.9. The molecule has 0 radical (unpaired) electrons. The fraction of sp³-hybridized carbons (Fsp3) is 0.190. The molecule has 1 amide bonds. The summed E-state index contributed by atoms with van der Waals surface area (Å²) in [5.41, 5.74) is 3.00. The molecule has 1 aliphatic rings. The molecule has 0 fully saturated rings. The smallest absolute Gasteiger partial charge is 0.254 e. The van der Waals surface area contributed by atoms with Crippen molar-refractivity contribution in [1.29, 1.82) is 0 Å². The van der Waals surface area contributed by atoms with E-state index in [4.69, 9.17) is 16.3 Å². The molecule has 2 heterocycles. The van der Waals surface area contributed by atoms with Crippen LogP contribution in [0.5, 0.6) is 5.75 Å². The molecule has 28 heavy (non-hydrogen) atoms. The van der Waals surface area contributed by atoms with Gasteiger partial charge in [0.25, 0.3) is 5.91 Å². The zero-order valence-electron chi connectivity index (χ0n) is 15.2. The minimum absolute atomic E-state index is 0.115. The van der Waals surface area contributed by atoms with Crippen LogP contribution in [0.3, 0.4) is 0 Å². The number of hydrogen-bond acceptors (Lipinski definition) is 4. The van der Waals surface area contributed by atoms with Gasteiger partial charge in [-0.3, -0.25) is 4.79 Å². The third-order valence-corrected chi connectivity index (χ3v) is 4.97. The second kappa shape index (κ2) is 7.56. The number of fused-ring (bicyclic) bond motifs is 1. The summed E-state index contributed by atoms with van der Waals surface area (Å²) in [7, 11) is 1.39. The van der Waals surface area contributed by atoms with Gasteiger partial charge in [-0.15, -0.1) is 0 Å². The topological polar surface area (TPSA) is 55.3 Å². The Hall–Kier alpha value is -2.99. The number of methoxy groups -OCH3 is 1. The van der Waals surface area contributed by atoms with Crippen molar-refractivity contribution in [2.24, 2.45) is 0 Å². The third-order valence-electron chi connectivity index (χ3n) is 4.72. The van der Waals surface area contributed by atoms with Crippen molar-refractivity contribution in [3.05, 3.63) is 76.3 Å². The molecule has 0 saturated heterocycles. The summed E-state index contributed by atoms with van der Waals surface area (Å²) in [6.07, 6.45) is 2.36. The third kappa shape index (κ3) is 3.55. The van der Waals surface area contributed by atoms with E-state index in [1.165, 1.54) is 19.2 Å². The highest BCUT2D eigenvalue weighted by Crippen LogP contribution is 2.24. The average Bonchev–Trinajstić information content (AvgIpc) is 2.73. The first-order valence-electron chi connectivity index (χ1n) is 8.78. The maximum Gasteiger partial charge on any atom is 0.254 e. The van der Waals surface area contributed by atoms with Gasteiger partial charge in [0.15, 0.2) is 17.4 Å². The monoisotopic (exact) mass is 397 g/mol. The van der Waals surface area contributed by atoms with E-state index in [-0.39, 0.29) is 11.7 Å². The summed E-state index contributed by atoms with van der Waals surface area (Å²) >= 11 is 5.93. The van der Waals surface area contributed by atoms with E-state index in [0.717, 1.165) is 16.8 Å². The predicted octanol–water partition coefficient (Wildman–Crippen LogP) is 4.14. The molecule has 1 aliphatic heterocycles. The summed E-state index contributed by atoms with van der Waals surface area (Å²) < 4.78 is 18.8. The summed E-state index contributed by atoms with van der Waals surface area (Å²) in [6, 6.07) is 11.6. The van der Waals surface area contributed by atoms with E-state index in [2.05, 4.69) is 9.97 Å². The molecule has 0 bridgehead atoms. The molecule has 4 rings (SSSR count). The highest BCUT2D eigenvalue weighted by Gasteiger charge is 2.24. The van der Waals surface area contributed by atoms with Gasteiger partial charge < -0.3 is 9.64 Å². The maximum absolute atomic E-state index is 13.9. The number of benzene rings is 2. The Morgan fingerprint density at radius 3 is 2.71 bits per heavy atom. The Bertz CT molecular complexity index is 1040. The molecule has 2 aromatic carbocycles. The summed E-state index contributed by atoms with van der Waals surface area (Å²) in [5.74, 6) is -0.0354. The van der Waals surface area contributed by atoms with Crippen molar-refractivity contribution in [3.8, 4) is 17.1 Å². The quantitative estimate of drug-likeness (QED) is 0.666. The SMILES string of the molecule is COc1ccc(C(=O)N2CCc3nc(-c4ccc(Cl)cc4)ncc3C2)cc1F. The van der Waals surface area contributed by atoms with Crippen molar-refractivity contribution < 1.29 is 13.9 Å². The van der Waals surface area contributed by atoms with Crippen molar-refractivity contribution in [3.63, 3.8) is 0 Å². The number of hydrogen-bond donors (Lipinski definition) is 0. The number of carbonyl (C=O) groups excluding carboxylic acids is 1. The molecule has 0 N–H and O–H groups in total. The van der Waals surface area contributed by atoms with Gasteiger partial charge in [0, 0.05) is 47.4 Å². The Morgan fingerprint density at radius 2 is 2.00 bits per heavy atom. The Morgan fingerprint density at radius 1 is 1.21 bits per heavy atom. The van der Waals surface area contributed by atoms with Gasteiger partial charge in [0.05, 0.1) is 12.8 Å². The number of ether oxygens (including phenoxy) is 1. The first-order valence-corrected chi connectivity index (χ1v) is 9.16. The number of amides is 1. The molecule has 0 aliphatic carbocycles. The van der Waals surface area contributed by atoms with E-state index in [0.29, 0.717) is 35.9 Å². The number of nitrogens with zero attached hydrogens (tertiary/aromatic N) is 3. The highest BCUT2D eigenvalue weighted by molar-refractivity contribution is 6.30. The predicted molar refractivity (Wildman–Crippen MR) is 104 cm³/mol. The summed E-state index contributed by atoms with van der Waals surface area (Å²) in [5, 5.41) is 0.658. The molecule has 0 saturated carbocycles. The van der Waals surface area contributed by atoms with E-state index in [9.17, 15) is 9.18 Å². The van der Waals surface area contributed by atoms with Gasteiger partial charge in [-0.25, -0.2) is 14.4 Å². The number of aromatic nitrogens is 2. The molecule has 7 heteroatoms. The van der Waals surface area contributed by atoms with Crippen molar-refractivity contribution in [2.75, 3.05) is 13.7 Å². The first kappa shape index (κ1) is 18.4. The lowest BCUT2D eigenvalue weighted by Gasteiger charge is -2.28. The molecule has 0 spiro atoms. The minimum Gasteiger partial charge on any atom is -0.494 e. The van der Waals surface area contributed by atoms with E-state index in [1.807, 2.05) is 12.1 Å². The van der Waals surface area contributed by atoms with Crippen LogP contribution in [0.15, 0.2) is 48.7 Å². The first-order chi connectivity index (χ1) is 13.5. The largest absolute Gasteiger partial charge is 0.494 e. The van der Waals surface area contributed by atoms with Crippen molar-refractivity contribution >= 4 is 17.5 Å². The zero-order valence-corrected chi connectivity index (χ0v) is 15.9. The van der Waals surface area contributed by atoms with Crippen LogP contribution in [0.4, 0.5) is 4.39 Å². The van der Waals surface area contributed by atoms with Gasteiger partial charge in [-0.2, -0.15) is 0 Å². The molecular formula is C21H17ClFN3O2. The van der Waals surface area contributed by atoms with Gasteiger partial charge >= 0.3 is 0 Å². The lowest BCUT2D eigenvalue weighted by atomic mass is 10.1. The minimum atomic E-state index is -0.554. The van der Waals surface area contributed by atoms with Gasteiger partial charge in [0.2, 0.25) is 0 Å². The van der Waals surface area contributed by atoms with Crippen molar-refractivity contribution in [2.45, 2.75) is 13.0 Å². The molecule has 5 nitrogen and oxygen atoms in total. The van der Waals surface area contributed by atoms with E-state index in [1.54, 1.807) is 29.3 Å². The molecule has 0 unspecified atom stereocenters. The lowest BCUT2D eigenvalue weighted by Crippen LogP contribution is -2.36. The Kier molecular flexibility index (Phi) is 4.96. The normalized spacial score (nSPS) is 13.2. The molecule has 142 valence electrons. The average molecular weight is 398 g/mol. The van der Waals surface area contributed by atoms with Gasteiger partial charge in [0.1, 0.15) is 0 Å². The van der Waals surface area contributed by atoms with Crippen LogP contribution in [0.25, 0.3) is 11.4 Å². The number of carbonyl (C=O) groups is 1.